The molecule has 4 rings (SSSR count). The van der Waals surface area contributed by atoms with E-state index in [2.05, 4.69) is 10.2 Å². The van der Waals surface area contributed by atoms with E-state index in [1.165, 1.54) is 0 Å². The van der Waals surface area contributed by atoms with E-state index in [9.17, 15) is 4.79 Å². The molecular formula is C19H19N3O3S. The van der Waals surface area contributed by atoms with E-state index < -0.39 is 0 Å². The average molecular weight is 369 g/mol. The number of likely N-dealkylation sites (tertiary alicyclic amines) is 1. The summed E-state index contributed by atoms with van der Waals surface area (Å²) in [5.74, 6) is 1.90. The van der Waals surface area contributed by atoms with Gasteiger partial charge in [-0.2, -0.15) is 11.3 Å². The number of para-hydroxylation sites is 1. The number of carbonyl (C=O) groups excluding carboxylic acids is 1. The van der Waals surface area contributed by atoms with Gasteiger partial charge in [-0.1, -0.05) is 18.2 Å². The number of ether oxygens (including phenoxy) is 1. The molecule has 3 aromatic rings. The molecule has 0 radical (unpaired) electrons. The highest BCUT2D eigenvalue weighted by Gasteiger charge is 2.28. The van der Waals surface area contributed by atoms with Gasteiger partial charge in [0.1, 0.15) is 5.75 Å². The first kappa shape index (κ1) is 16.8. The van der Waals surface area contributed by atoms with Gasteiger partial charge in [0.05, 0.1) is 5.92 Å². The maximum Gasteiger partial charge on any atom is 0.260 e. The number of carbonyl (C=O) groups is 1. The maximum absolute atomic E-state index is 12.5. The summed E-state index contributed by atoms with van der Waals surface area (Å²) in [5, 5.41) is 12.3. The molecule has 7 heteroatoms. The van der Waals surface area contributed by atoms with Gasteiger partial charge in [0.15, 0.2) is 6.61 Å². The number of nitrogens with zero attached hydrogens (tertiary/aromatic N) is 3. The third kappa shape index (κ3) is 3.77. The number of thiophene rings is 1. The molecule has 0 aliphatic carbocycles. The van der Waals surface area contributed by atoms with Crippen LogP contribution in [-0.4, -0.2) is 40.7 Å². The zero-order valence-corrected chi connectivity index (χ0v) is 15.0. The van der Waals surface area contributed by atoms with Crippen molar-refractivity contribution in [2.45, 2.75) is 18.8 Å². The fourth-order valence-corrected chi connectivity index (χ4v) is 3.69. The molecule has 1 atom stereocenters. The van der Waals surface area contributed by atoms with Gasteiger partial charge < -0.3 is 14.1 Å². The molecule has 0 spiro atoms. The van der Waals surface area contributed by atoms with E-state index in [4.69, 9.17) is 9.15 Å². The van der Waals surface area contributed by atoms with Crippen LogP contribution in [0.1, 0.15) is 24.7 Å². The van der Waals surface area contributed by atoms with Gasteiger partial charge in [-0.15, -0.1) is 10.2 Å². The first-order chi connectivity index (χ1) is 12.8. The van der Waals surface area contributed by atoms with Crippen molar-refractivity contribution in [3.63, 3.8) is 0 Å². The summed E-state index contributed by atoms with van der Waals surface area (Å²) in [6.07, 6.45) is 1.85. The largest absolute Gasteiger partial charge is 0.484 e. The molecule has 1 fully saturated rings. The van der Waals surface area contributed by atoms with Gasteiger partial charge >= 0.3 is 0 Å². The SMILES string of the molecule is O=C(COc1ccccc1)N1CCCC(c2nnc(-c3ccsc3)o2)C1. The van der Waals surface area contributed by atoms with Crippen LogP contribution in [0.25, 0.3) is 11.5 Å². The van der Waals surface area contributed by atoms with Crippen molar-refractivity contribution in [2.24, 2.45) is 0 Å². The summed E-state index contributed by atoms with van der Waals surface area (Å²) in [4.78, 5) is 14.3. The van der Waals surface area contributed by atoms with Gasteiger partial charge in [-0.05, 0) is 36.4 Å². The third-order valence-electron chi connectivity index (χ3n) is 4.44. The van der Waals surface area contributed by atoms with Crippen LogP contribution in [0.3, 0.4) is 0 Å². The summed E-state index contributed by atoms with van der Waals surface area (Å²) in [6.45, 7) is 1.36. The molecule has 134 valence electrons. The molecule has 6 nitrogen and oxygen atoms in total. The number of amides is 1. The van der Waals surface area contributed by atoms with Crippen molar-refractivity contribution >= 4 is 17.2 Å². The van der Waals surface area contributed by atoms with Crippen LogP contribution < -0.4 is 4.74 Å². The Morgan fingerprint density at radius 1 is 1.27 bits per heavy atom. The van der Waals surface area contributed by atoms with Crippen molar-refractivity contribution in [1.82, 2.24) is 15.1 Å². The monoisotopic (exact) mass is 369 g/mol. The average Bonchev–Trinajstić information content (AvgIpc) is 3.38. The predicted molar refractivity (Wildman–Crippen MR) is 98.1 cm³/mol. The molecule has 1 aromatic carbocycles. The van der Waals surface area contributed by atoms with E-state index >= 15 is 0 Å². The van der Waals surface area contributed by atoms with Crippen molar-refractivity contribution in [3.8, 4) is 17.2 Å². The molecule has 2 aromatic heterocycles. The number of hydrogen-bond acceptors (Lipinski definition) is 6. The first-order valence-corrected chi connectivity index (χ1v) is 9.55. The van der Waals surface area contributed by atoms with Gasteiger partial charge in [0.2, 0.25) is 11.8 Å². The smallest absolute Gasteiger partial charge is 0.260 e. The molecule has 1 aliphatic rings. The molecule has 3 heterocycles. The highest BCUT2D eigenvalue weighted by Crippen LogP contribution is 2.29. The Labute approximate surface area is 155 Å². The summed E-state index contributed by atoms with van der Waals surface area (Å²) in [5.41, 5.74) is 0.939. The molecule has 0 saturated carbocycles. The minimum absolute atomic E-state index is 0.0175. The predicted octanol–water partition coefficient (Wildman–Crippen LogP) is 3.58. The molecule has 1 unspecified atom stereocenters. The van der Waals surface area contributed by atoms with Crippen molar-refractivity contribution in [2.75, 3.05) is 19.7 Å². The summed E-state index contributed by atoms with van der Waals surface area (Å²) in [7, 11) is 0. The molecule has 1 saturated heterocycles. The number of aromatic nitrogens is 2. The Hall–Kier alpha value is -2.67. The molecular weight excluding hydrogens is 350 g/mol. The van der Waals surface area contributed by atoms with Gasteiger partial charge in [0.25, 0.3) is 5.91 Å². The van der Waals surface area contributed by atoms with Crippen LogP contribution in [0.4, 0.5) is 0 Å². The molecule has 0 N–H and O–H groups in total. The minimum atomic E-state index is -0.0175. The zero-order chi connectivity index (χ0) is 17.8. The Morgan fingerprint density at radius 3 is 2.96 bits per heavy atom. The highest BCUT2D eigenvalue weighted by molar-refractivity contribution is 7.08. The van der Waals surface area contributed by atoms with Gasteiger partial charge in [-0.25, -0.2) is 0 Å². The zero-order valence-electron chi connectivity index (χ0n) is 14.2. The normalized spacial score (nSPS) is 17.2. The van der Waals surface area contributed by atoms with Crippen LogP contribution in [-0.2, 0) is 4.79 Å². The standard InChI is InChI=1S/C19H19N3O3S/c23-17(12-24-16-6-2-1-3-7-16)22-9-4-5-14(11-22)18-20-21-19(25-18)15-8-10-26-13-15/h1-3,6-8,10,13-14H,4-5,9,11-12H2. The molecule has 0 bridgehead atoms. The number of rotatable bonds is 5. The van der Waals surface area contributed by atoms with Crippen LogP contribution in [0.5, 0.6) is 5.75 Å². The van der Waals surface area contributed by atoms with Crippen molar-refractivity contribution < 1.29 is 13.9 Å². The van der Waals surface area contributed by atoms with E-state index in [1.54, 1.807) is 11.3 Å². The van der Waals surface area contributed by atoms with Crippen molar-refractivity contribution in [1.29, 1.82) is 0 Å². The molecule has 26 heavy (non-hydrogen) atoms. The Morgan fingerprint density at radius 2 is 2.15 bits per heavy atom. The van der Waals surface area contributed by atoms with E-state index in [0.717, 1.165) is 24.9 Å². The number of piperidine rings is 1. The lowest BCUT2D eigenvalue weighted by atomic mass is 9.98. The lowest BCUT2D eigenvalue weighted by molar-refractivity contribution is -0.134. The highest BCUT2D eigenvalue weighted by atomic mass is 32.1. The maximum atomic E-state index is 12.5. The minimum Gasteiger partial charge on any atom is -0.484 e. The van der Waals surface area contributed by atoms with Gasteiger partial charge in [-0.3, -0.25) is 4.79 Å². The van der Waals surface area contributed by atoms with E-state index in [-0.39, 0.29) is 18.4 Å². The lowest BCUT2D eigenvalue weighted by Crippen LogP contribution is -2.41. The topological polar surface area (TPSA) is 68.5 Å². The van der Waals surface area contributed by atoms with Crippen LogP contribution in [0.2, 0.25) is 0 Å². The summed E-state index contributed by atoms with van der Waals surface area (Å²) < 4.78 is 11.4. The molecule has 1 amide bonds. The lowest BCUT2D eigenvalue weighted by Gasteiger charge is -2.31. The Bertz CT molecular complexity index is 848. The second kappa shape index (κ2) is 7.70. The fourth-order valence-electron chi connectivity index (χ4n) is 3.06. The van der Waals surface area contributed by atoms with Crippen molar-refractivity contribution in [3.05, 3.63) is 53.0 Å². The number of hydrogen-bond donors (Lipinski definition) is 0. The second-order valence-corrected chi connectivity index (χ2v) is 7.02. The summed E-state index contributed by atoms with van der Waals surface area (Å²) in [6, 6.07) is 11.3. The van der Waals surface area contributed by atoms with Gasteiger partial charge in [0, 0.05) is 24.0 Å². The third-order valence-corrected chi connectivity index (χ3v) is 5.12. The van der Waals surface area contributed by atoms with E-state index in [1.807, 2.05) is 52.1 Å². The van der Waals surface area contributed by atoms with E-state index in [0.29, 0.717) is 24.1 Å². The quantitative estimate of drug-likeness (QED) is 0.687. The van der Waals surface area contributed by atoms with Crippen LogP contribution in [0, 0.1) is 0 Å². The fraction of sp³-hybridized carbons (Fsp3) is 0.316. The first-order valence-electron chi connectivity index (χ1n) is 8.61. The number of benzene rings is 1. The second-order valence-electron chi connectivity index (χ2n) is 6.24. The van der Waals surface area contributed by atoms with Crippen LogP contribution >= 0.6 is 11.3 Å². The Balaban J connectivity index is 1.37. The van der Waals surface area contributed by atoms with Crippen LogP contribution in [0.15, 0.2) is 51.6 Å². The Kier molecular flexibility index (Phi) is 4.97. The summed E-state index contributed by atoms with van der Waals surface area (Å²) >= 11 is 1.59. The molecule has 1 aliphatic heterocycles.